The topological polar surface area (TPSA) is 69.7 Å². The summed E-state index contributed by atoms with van der Waals surface area (Å²) in [5, 5.41) is 0. The van der Waals surface area contributed by atoms with Gasteiger partial charge in [0.05, 0.1) is 17.6 Å². The first-order valence-corrected chi connectivity index (χ1v) is 10.8. The van der Waals surface area contributed by atoms with E-state index in [0.717, 1.165) is 38.5 Å². The van der Waals surface area contributed by atoms with Crippen LogP contribution in [0.2, 0.25) is 0 Å². The van der Waals surface area contributed by atoms with Gasteiger partial charge in [-0.25, -0.2) is 13.2 Å². The number of ether oxygens (including phenoxy) is 2. The second-order valence-electron chi connectivity index (χ2n) is 7.46. The summed E-state index contributed by atoms with van der Waals surface area (Å²) >= 11 is 0. The maximum Gasteiger partial charge on any atom is 0.343 e. The third-order valence-corrected chi connectivity index (χ3v) is 6.99. The van der Waals surface area contributed by atoms with Crippen molar-refractivity contribution < 1.29 is 22.7 Å². The Balaban J connectivity index is 2.23. The molecule has 148 valence electrons. The molecule has 0 fully saturated rings. The van der Waals surface area contributed by atoms with Crippen LogP contribution in [0.3, 0.4) is 0 Å². The maximum absolute atomic E-state index is 12.0. The van der Waals surface area contributed by atoms with Crippen LogP contribution < -0.4 is 4.74 Å². The molecule has 26 heavy (non-hydrogen) atoms. The van der Waals surface area contributed by atoms with Crippen LogP contribution in [0.15, 0.2) is 24.3 Å². The molecule has 0 radical (unpaired) electrons. The molecule has 0 heterocycles. The predicted molar refractivity (Wildman–Crippen MR) is 104 cm³/mol. The summed E-state index contributed by atoms with van der Waals surface area (Å²) in [5.74, 6) is 0.542. The molecular weight excluding hydrogens is 352 g/mol. The lowest BCUT2D eigenvalue weighted by Crippen LogP contribution is -2.30. The molecule has 0 aliphatic carbocycles. The lowest BCUT2D eigenvalue weighted by Gasteiger charge is -2.18. The van der Waals surface area contributed by atoms with Crippen LogP contribution >= 0.6 is 0 Å². The van der Waals surface area contributed by atoms with Crippen molar-refractivity contribution >= 4 is 15.8 Å². The van der Waals surface area contributed by atoms with Crippen molar-refractivity contribution in [2.75, 3.05) is 19.5 Å². The largest absolute Gasteiger partial charge is 0.482 e. The van der Waals surface area contributed by atoms with E-state index >= 15 is 0 Å². The third kappa shape index (κ3) is 8.21. The average Bonchev–Trinajstić information content (AvgIpc) is 2.58. The van der Waals surface area contributed by atoms with Crippen LogP contribution in [0.25, 0.3) is 0 Å². The molecule has 5 nitrogen and oxygen atoms in total. The van der Waals surface area contributed by atoms with E-state index in [1.165, 1.54) is 12.7 Å². The molecule has 1 aromatic rings. The molecule has 0 aromatic heterocycles. The van der Waals surface area contributed by atoms with E-state index in [1.54, 1.807) is 20.8 Å². The molecule has 0 amide bonds. The minimum atomic E-state index is -3.00. The van der Waals surface area contributed by atoms with Crippen LogP contribution in [-0.4, -0.2) is 38.6 Å². The number of unbranched alkanes of at least 4 members (excludes halogenated alkanes) is 4. The lowest BCUT2D eigenvalue weighted by molar-refractivity contribution is -0.142. The standard InChI is InChI=1S/C20H32O5S/c1-20(2,3)26(22,23)14-9-7-5-6-8-11-17-12-10-13-18(15-17)25-16-19(21)24-4/h10,12-13,15H,5-9,11,14,16H2,1-4H3. The van der Waals surface area contributed by atoms with Crippen LogP contribution in [0.1, 0.15) is 58.4 Å². The first-order valence-electron chi connectivity index (χ1n) is 9.16. The van der Waals surface area contributed by atoms with Crippen molar-refractivity contribution in [3.63, 3.8) is 0 Å². The zero-order valence-corrected chi connectivity index (χ0v) is 17.2. The molecule has 0 aliphatic heterocycles. The Morgan fingerprint density at radius 1 is 1.04 bits per heavy atom. The fourth-order valence-corrected chi connectivity index (χ4v) is 3.65. The number of hydrogen-bond donors (Lipinski definition) is 0. The number of esters is 1. The molecular formula is C20H32O5S. The Hall–Kier alpha value is -1.56. The summed E-state index contributed by atoms with van der Waals surface area (Å²) < 4.78 is 33.3. The summed E-state index contributed by atoms with van der Waals surface area (Å²) in [6.07, 6.45) is 5.78. The highest BCUT2D eigenvalue weighted by Crippen LogP contribution is 2.19. The molecule has 1 rings (SSSR count). The van der Waals surface area contributed by atoms with E-state index in [9.17, 15) is 13.2 Å². The molecule has 0 saturated heterocycles. The molecule has 1 aromatic carbocycles. The summed E-state index contributed by atoms with van der Waals surface area (Å²) in [6, 6.07) is 7.72. The number of hydrogen-bond acceptors (Lipinski definition) is 5. The SMILES string of the molecule is COC(=O)COc1cccc(CCCCCCCS(=O)(=O)C(C)(C)C)c1. The molecule has 0 saturated carbocycles. The monoisotopic (exact) mass is 384 g/mol. The van der Waals surface area contributed by atoms with Crippen molar-refractivity contribution in [3.05, 3.63) is 29.8 Å². The van der Waals surface area contributed by atoms with Gasteiger partial charge in [-0.15, -0.1) is 0 Å². The summed E-state index contributed by atoms with van der Waals surface area (Å²) in [4.78, 5) is 11.1. The quantitative estimate of drug-likeness (QED) is 0.427. The normalized spacial score (nSPS) is 12.0. The molecule has 6 heteroatoms. The molecule has 0 aliphatic rings. The predicted octanol–water partition coefficient (Wildman–Crippen LogP) is 3.94. The molecule has 0 unspecified atom stereocenters. The van der Waals surface area contributed by atoms with Crippen LogP contribution in [0, 0.1) is 0 Å². The van der Waals surface area contributed by atoms with Gasteiger partial charge in [0.25, 0.3) is 0 Å². The second kappa shape index (κ2) is 10.6. The van der Waals surface area contributed by atoms with Gasteiger partial charge in [0, 0.05) is 0 Å². The van der Waals surface area contributed by atoms with Gasteiger partial charge >= 0.3 is 5.97 Å². The minimum Gasteiger partial charge on any atom is -0.482 e. The summed E-state index contributed by atoms with van der Waals surface area (Å²) in [5.41, 5.74) is 1.17. The van der Waals surface area contributed by atoms with Gasteiger partial charge in [-0.3, -0.25) is 0 Å². The Morgan fingerprint density at radius 2 is 1.69 bits per heavy atom. The Morgan fingerprint density at radius 3 is 2.35 bits per heavy atom. The second-order valence-corrected chi connectivity index (χ2v) is 10.3. The van der Waals surface area contributed by atoms with E-state index in [4.69, 9.17) is 4.74 Å². The zero-order valence-electron chi connectivity index (χ0n) is 16.4. The first kappa shape index (κ1) is 22.5. The Labute approximate surface area is 158 Å². The number of carbonyl (C=O) groups excluding carboxylic acids is 1. The summed E-state index contributed by atoms with van der Waals surface area (Å²) in [7, 11) is -1.66. The fraction of sp³-hybridized carbons (Fsp3) is 0.650. The van der Waals surface area contributed by atoms with Crippen molar-refractivity contribution in [1.82, 2.24) is 0 Å². The van der Waals surface area contributed by atoms with Gasteiger partial charge in [-0.05, 0) is 57.7 Å². The number of carbonyl (C=O) groups is 1. The van der Waals surface area contributed by atoms with E-state index in [2.05, 4.69) is 4.74 Å². The van der Waals surface area contributed by atoms with Crippen LogP contribution in [0.5, 0.6) is 5.75 Å². The molecule has 0 N–H and O–H groups in total. The van der Waals surface area contributed by atoms with Crippen molar-refractivity contribution in [3.8, 4) is 5.75 Å². The van der Waals surface area contributed by atoms with Gasteiger partial charge in [0.15, 0.2) is 16.4 Å². The number of methoxy groups -OCH3 is 1. The van der Waals surface area contributed by atoms with Gasteiger partial charge in [-0.2, -0.15) is 0 Å². The number of benzene rings is 1. The van der Waals surface area contributed by atoms with Crippen molar-refractivity contribution in [2.45, 2.75) is 64.0 Å². The fourth-order valence-electron chi connectivity index (χ4n) is 2.45. The minimum absolute atomic E-state index is 0.0859. The number of aryl methyl sites for hydroxylation is 1. The van der Waals surface area contributed by atoms with Crippen molar-refractivity contribution in [1.29, 1.82) is 0 Å². The maximum atomic E-state index is 12.0. The summed E-state index contributed by atoms with van der Waals surface area (Å²) in [6.45, 7) is 5.18. The van der Waals surface area contributed by atoms with E-state index in [-0.39, 0.29) is 12.4 Å². The molecule has 0 bridgehead atoms. The number of rotatable bonds is 11. The van der Waals surface area contributed by atoms with E-state index < -0.39 is 20.6 Å². The number of sulfone groups is 1. The highest BCUT2D eigenvalue weighted by Gasteiger charge is 2.27. The molecule has 0 spiro atoms. The van der Waals surface area contributed by atoms with Gasteiger partial charge in [0.2, 0.25) is 0 Å². The van der Waals surface area contributed by atoms with Crippen LogP contribution in [0.4, 0.5) is 0 Å². The smallest absolute Gasteiger partial charge is 0.343 e. The lowest BCUT2D eigenvalue weighted by atomic mass is 10.1. The highest BCUT2D eigenvalue weighted by molar-refractivity contribution is 7.92. The van der Waals surface area contributed by atoms with Gasteiger partial charge < -0.3 is 9.47 Å². The van der Waals surface area contributed by atoms with Crippen molar-refractivity contribution in [2.24, 2.45) is 0 Å². The Kier molecular flexibility index (Phi) is 9.13. The third-order valence-electron chi connectivity index (χ3n) is 4.29. The van der Waals surface area contributed by atoms with Gasteiger partial charge in [0.1, 0.15) is 5.75 Å². The van der Waals surface area contributed by atoms with E-state index in [0.29, 0.717) is 5.75 Å². The van der Waals surface area contributed by atoms with Gasteiger partial charge in [-0.1, -0.05) is 31.4 Å². The average molecular weight is 385 g/mol. The first-order chi connectivity index (χ1) is 12.2. The Bertz CT molecular complexity index is 659. The highest BCUT2D eigenvalue weighted by atomic mass is 32.2. The van der Waals surface area contributed by atoms with E-state index in [1.807, 2.05) is 24.3 Å². The molecule has 0 atom stereocenters. The zero-order chi connectivity index (χ0) is 19.6. The van der Waals surface area contributed by atoms with Crippen LogP contribution in [-0.2, 0) is 25.8 Å².